The lowest BCUT2D eigenvalue weighted by atomic mass is 9.76. The summed E-state index contributed by atoms with van der Waals surface area (Å²) in [5.41, 5.74) is 4.35. The standard InChI is InChI=1S/C27H36N8O2Si/c1-27(2)10-8-20(9-11-27)22-14-19(15-24-31-33-34-32-24)6-7-23(22)30-26(36)25-29-21(16-28)17-35(25)18-37-12-13-38(3,4)5/h6-8,14,17H,9-13,15,18H2,1-5H3,(H,30,36)(H,31,32,33,34). The summed E-state index contributed by atoms with van der Waals surface area (Å²) in [4.78, 5) is 17.7. The summed E-state index contributed by atoms with van der Waals surface area (Å²) < 4.78 is 7.44. The van der Waals surface area contributed by atoms with Gasteiger partial charge >= 0.3 is 0 Å². The lowest BCUT2D eigenvalue weighted by Gasteiger charge is -2.29. The van der Waals surface area contributed by atoms with E-state index >= 15 is 0 Å². The molecule has 0 aliphatic heterocycles. The van der Waals surface area contributed by atoms with E-state index in [0.717, 1.165) is 36.4 Å². The van der Waals surface area contributed by atoms with Gasteiger partial charge in [0.25, 0.3) is 5.91 Å². The Morgan fingerprint density at radius 1 is 1.32 bits per heavy atom. The third kappa shape index (κ3) is 7.23. The van der Waals surface area contributed by atoms with Gasteiger partial charge in [0.1, 0.15) is 12.8 Å². The smallest absolute Gasteiger partial charge is 0.291 e. The predicted octanol–water partition coefficient (Wildman–Crippen LogP) is 5.02. The van der Waals surface area contributed by atoms with Crippen LogP contribution in [0.25, 0.3) is 5.57 Å². The molecule has 10 nitrogen and oxygen atoms in total. The van der Waals surface area contributed by atoms with Crippen LogP contribution in [0.1, 0.15) is 66.4 Å². The predicted molar refractivity (Wildman–Crippen MR) is 148 cm³/mol. The quantitative estimate of drug-likeness (QED) is 0.277. The van der Waals surface area contributed by atoms with Crippen molar-refractivity contribution in [2.24, 2.45) is 5.41 Å². The van der Waals surface area contributed by atoms with Gasteiger partial charge in [0.15, 0.2) is 11.5 Å². The van der Waals surface area contributed by atoms with Gasteiger partial charge in [0.05, 0.1) is 0 Å². The number of aromatic amines is 1. The zero-order valence-corrected chi connectivity index (χ0v) is 23.8. The van der Waals surface area contributed by atoms with Crippen LogP contribution in [0, 0.1) is 16.7 Å². The number of amides is 1. The van der Waals surface area contributed by atoms with Crippen LogP contribution in [0.3, 0.4) is 0 Å². The number of benzene rings is 1. The summed E-state index contributed by atoms with van der Waals surface area (Å²) in [6.45, 7) is 12.2. The van der Waals surface area contributed by atoms with Crippen LogP contribution in [0.2, 0.25) is 25.7 Å². The van der Waals surface area contributed by atoms with E-state index in [9.17, 15) is 10.1 Å². The molecule has 38 heavy (non-hydrogen) atoms. The molecular formula is C27H36N8O2Si. The number of imidazole rings is 1. The molecule has 0 saturated carbocycles. The van der Waals surface area contributed by atoms with Crippen LogP contribution < -0.4 is 5.32 Å². The van der Waals surface area contributed by atoms with Crippen molar-refractivity contribution in [2.45, 2.75) is 71.9 Å². The maximum Gasteiger partial charge on any atom is 0.291 e. The van der Waals surface area contributed by atoms with Crippen LogP contribution >= 0.6 is 0 Å². The SMILES string of the molecule is CC1(C)CC=C(c2cc(Cc3nnn[nH]3)ccc2NC(=O)c2nc(C#N)cn2COCC[Si](C)(C)C)CC1. The second-order valence-corrected chi connectivity index (χ2v) is 17.5. The normalized spacial score (nSPS) is 15.1. The van der Waals surface area contributed by atoms with Crippen LogP contribution in [0.5, 0.6) is 0 Å². The lowest BCUT2D eigenvalue weighted by molar-refractivity contribution is 0.0808. The van der Waals surface area contributed by atoms with Crippen molar-refractivity contribution in [1.29, 1.82) is 5.26 Å². The number of aromatic nitrogens is 6. The topological polar surface area (TPSA) is 134 Å². The number of hydrogen-bond donors (Lipinski definition) is 2. The maximum absolute atomic E-state index is 13.4. The molecule has 11 heteroatoms. The lowest BCUT2D eigenvalue weighted by Crippen LogP contribution is -2.23. The van der Waals surface area contributed by atoms with Crippen molar-refractivity contribution in [2.75, 3.05) is 11.9 Å². The van der Waals surface area contributed by atoms with E-state index in [4.69, 9.17) is 4.74 Å². The van der Waals surface area contributed by atoms with Crippen LogP contribution in [0.15, 0.2) is 30.5 Å². The molecule has 0 fully saturated rings. The van der Waals surface area contributed by atoms with Crippen molar-refractivity contribution in [3.8, 4) is 6.07 Å². The molecule has 200 valence electrons. The second kappa shape index (κ2) is 11.4. The van der Waals surface area contributed by atoms with Gasteiger partial charge in [-0.15, -0.1) is 5.10 Å². The van der Waals surface area contributed by atoms with Crippen molar-refractivity contribution in [3.63, 3.8) is 0 Å². The molecule has 2 aromatic heterocycles. The third-order valence-electron chi connectivity index (χ3n) is 6.73. The molecular weight excluding hydrogens is 496 g/mol. The fourth-order valence-electron chi connectivity index (χ4n) is 4.31. The average molecular weight is 533 g/mol. The Hall–Kier alpha value is -3.62. The monoisotopic (exact) mass is 532 g/mol. The van der Waals surface area contributed by atoms with E-state index in [1.807, 2.05) is 18.2 Å². The van der Waals surface area contributed by atoms with Gasteiger partial charge in [0.2, 0.25) is 5.82 Å². The average Bonchev–Trinajstić information content (AvgIpc) is 3.52. The third-order valence-corrected chi connectivity index (χ3v) is 8.44. The van der Waals surface area contributed by atoms with Gasteiger partial charge < -0.3 is 14.6 Å². The van der Waals surface area contributed by atoms with Crippen LogP contribution in [-0.2, 0) is 17.9 Å². The molecule has 1 amide bonds. The zero-order chi connectivity index (χ0) is 27.3. The largest absolute Gasteiger partial charge is 0.361 e. The zero-order valence-electron chi connectivity index (χ0n) is 22.8. The van der Waals surface area contributed by atoms with Gasteiger partial charge in [-0.05, 0) is 64.4 Å². The number of nitrogens with zero attached hydrogens (tertiary/aromatic N) is 6. The number of hydrogen-bond acceptors (Lipinski definition) is 7. The number of tetrazole rings is 1. The number of H-pyrrole nitrogens is 1. The summed E-state index contributed by atoms with van der Waals surface area (Å²) in [7, 11) is -1.24. The van der Waals surface area contributed by atoms with Gasteiger partial charge in [0, 0.05) is 38.5 Å². The number of carbonyl (C=O) groups is 1. The van der Waals surface area contributed by atoms with E-state index in [-0.39, 0.29) is 29.6 Å². The number of nitriles is 1. The molecule has 0 atom stereocenters. The molecule has 1 aliphatic rings. The fraction of sp³-hybridized carbons (Fsp3) is 0.481. The summed E-state index contributed by atoms with van der Waals surface area (Å²) in [6, 6.07) is 9.01. The summed E-state index contributed by atoms with van der Waals surface area (Å²) in [5, 5.41) is 26.6. The number of anilines is 1. The Labute approximate surface area is 224 Å². The Morgan fingerprint density at radius 2 is 2.13 bits per heavy atom. The highest BCUT2D eigenvalue weighted by atomic mass is 28.3. The summed E-state index contributed by atoms with van der Waals surface area (Å²) in [5.74, 6) is 0.438. The molecule has 0 bridgehead atoms. The molecule has 0 radical (unpaired) electrons. The molecule has 2 heterocycles. The fourth-order valence-corrected chi connectivity index (χ4v) is 5.07. The molecule has 1 aliphatic carbocycles. The summed E-state index contributed by atoms with van der Waals surface area (Å²) >= 11 is 0. The van der Waals surface area contributed by atoms with E-state index in [1.165, 1.54) is 5.57 Å². The molecule has 3 aromatic rings. The number of rotatable bonds is 10. The highest BCUT2D eigenvalue weighted by Gasteiger charge is 2.24. The van der Waals surface area contributed by atoms with E-state index < -0.39 is 8.07 Å². The molecule has 0 saturated heterocycles. The highest BCUT2D eigenvalue weighted by molar-refractivity contribution is 6.76. The Balaban J connectivity index is 1.58. The second-order valence-electron chi connectivity index (χ2n) is 11.8. The first-order valence-electron chi connectivity index (χ1n) is 12.9. The summed E-state index contributed by atoms with van der Waals surface area (Å²) in [6.07, 6.45) is 7.34. The minimum atomic E-state index is -1.24. The molecule has 0 spiro atoms. The van der Waals surface area contributed by atoms with Gasteiger partial charge in [-0.3, -0.25) is 4.79 Å². The highest BCUT2D eigenvalue weighted by Crippen LogP contribution is 2.40. The number of ether oxygens (including phenoxy) is 1. The van der Waals surface area contributed by atoms with Crippen molar-refractivity contribution in [1.82, 2.24) is 30.2 Å². The van der Waals surface area contributed by atoms with Crippen molar-refractivity contribution < 1.29 is 9.53 Å². The van der Waals surface area contributed by atoms with Gasteiger partial charge in [-0.25, -0.2) is 10.1 Å². The molecule has 2 N–H and O–H groups in total. The first-order chi connectivity index (χ1) is 18.0. The molecule has 4 rings (SSSR count). The first-order valence-corrected chi connectivity index (χ1v) is 16.6. The van der Waals surface area contributed by atoms with Gasteiger partial charge in [-0.2, -0.15) is 5.26 Å². The van der Waals surface area contributed by atoms with E-state index in [2.05, 4.69) is 76.6 Å². The number of nitrogens with one attached hydrogen (secondary N) is 2. The van der Waals surface area contributed by atoms with E-state index in [0.29, 0.717) is 24.5 Å². The first kappa shape index (κ1) is 27.4. The van der Waals surface area contributed by atoms with Crippen LogP contribution in [-0.4, -0.2) is 50.8 Å². The minimum Gasteiger partial charge on any atom is -0.361 e. The van der Waals surface area contributed by atoms with Crippen LogP contribution in [0.4, 0.5) is 5.69 Å². The van der Waals surface area contributed by atoms with Crippen molar-refractivity contribution >= 4 is 25.2 Å². The van der Waals surface area contributed by atoms with E-state index in [1.54, 1.807) is 10.8 Å². The minimum absolute atomic E-state index is 0.149. The molecule has 1 aromatic carbocycles. The Bertz CT molecular complexity index is 1350. The number of carbonyl (C=O) groups excluding carboxylic acids is 1. The maximum atomic E-state index is 13.4. The van der Waals surface area contributed by atoms with Gasteiger partial charge in [-0.1, -0.05) is 45.6 Å². The Kier molecular flexibility index (Phi) is 8.23. The Morgan fingerprint density at radius 3 is 2.79 bits per heavy atom. The van der Waals surface area contributed by atoms with Crippen molar-refractivity contribution in [3.05, 3.63) is 58.9 Å². The molecule has 0 unspecified atom stereocenters. The number of allylic oxidation sites excluding steroid dienone is 2.